The van der Waals surface area contributed by atoms with Crippen molar-refractivity contribution in [2.24, 2.45) is 0 Å². The molecule has 0 aliphatic heterocycles. The molecule has 15 heteroatoms. The summed E-state index contributed by atoms with van der Waals surface area (Å²) in [7, 11) is -6.51. The lowest BCUT2D eigenvalue weighted by Gasteiger charge is -2.31. The molecule has 0 aromatic heterocycles. The van der Waals surface area contributed by atoms with Gasteiger partial charge in [-0.15, -0.1) is 0 Å². The van der Waals surface area contributed by atoms with Crippen molar-refractivity contribution in [3.05, 3.63) is 22.7 Å². The number of halogens is 11. The number of nitrogens with two attached hydrogens (primary N) is 1. The molecule has 144 valence electrons. The van der Waals surface area contributed by atoms with E-state index >= 15 is 0 Å². The van der Waals surface area contributed by atoms with Crippen LogP contribution in [0.15, 0.2) is 17.0 Å². The average molecular weight is 428 g/mol. The Hall–Kier alpha value is -1.44. The summed E-state index contributed by atoms with van der Waals surface area (Å²) < 4.78 is 150. The first-order valence-electron chi connectivity index (χ1n) is 5.51. The first-order chi connectivity index (χ1) is 10.8. The maximum absolute atomic E-state index is 13.9. The zero-order chi connectivity index (χ0) is 20.2. The van der Waals surface area contributed by atoms with E-state index in [1.807, 2.05) is 0 Å². The Labute approximate surface area is 137 Å². The zero-order valence-electron chi connectivity index (χ0n) is 11.1. The summed E-state index contributed by atoms with van der Waals surface area (Å²) in [6.45, 7) is 0. The molecule has 1 rings (SSSR count). The number of nitrogen functional groups attached to an aromatic ring is 1. The van der Waals surface area contributed by atoms with Gasteiger partial charge in [-0.1, -0.05) is 11.6 Å². The Bertz CT molecular complexity index is 767. The molecule has 0 aliphatic rings. The predicted molar refractivity (Wildman–Crippen MR) is 64.0 cm³/mol. The van der Waals surface area contributed by atoms with E-state index in [4.69, 9.17) is 17.3 Å². The molecule has 2 N–H and O–H groups in total. The summed E-state index contributed by atoms with van der Waals surface area (Å²) >= 11 is 5.12. The molecule has 25 heavy (non-hydrogen) atoms. The summed E-state index contributed by atoms with van der Waals surface area (Å²) in [5.41, 5.74) is -11.4. The number of hydrogen-bond donors (Lipinski definition) is 1. The molecule has 0 saturated carbocycles. The SMILES string of the molecule is Nc1c(Cl)cc(C(F)(C(F)(F)F)C(F)(F)F)cc1S(=O)(=O)C(F)(F)F. The highest BCUT2D eigenvalue weighted by atomic mass is 35.5. The minimum atomic E-state index is -6.69. The Kier molecular flexibility index (Phi) is 5.00. The molecule has 1 aromatic carbocycles. The van der Waals surface area contributed by atoms with Gasteiger partial charge in [0.2, 0.25) is 0 Å². The molecule has 0 heterocycles. The third-order valence-corrected chi connectivity index (χ3v) is 4.70. The van der Waals surface area contributed by atoms with E-state index in [0.717, 1.165) is 0 Å². The number of benzene rings is 1. The first-order valence-corrected chi connectivity index (χ1v) is 7.37. The minimum absolute atomic E-state index is 0.354. The van der Waals surface area contributed by atoms with Crippen molar-refractivity contribution < 1.29 is 52.3 Å². The number of hydrogen-bond acceptors (Lipinski definition) is 3. The summed E-state index contributed by atoms with van der Waals surface area (Å²) in [4.78, 5) is -2.24. The van der Waals surface area contributed by atoms with Gasteiger partial charge in [0.05, 0.1) is 10.7 Å². The van der Waals surface area contributed by atoms with E-state index in [0.29, 0.717) is 0 Å². The van der Waals surface area contributed by atoms with Crippen LogP contribution in [-0.2, 0) is 15.5 Å². The first kappa shape index (κ1) is 21.6. The molecule has 0 saturated heterocycles. The van der Waals surface area contributed by atoms with Crippen LogP contribution in [0.1, 0.15) is 5.56 Å². The van der Waals surface area contributed by atoms with E-state index < -0.39 is 60.6 Å². The van der Waals surface area contributed by atoms with Crippen LogP contribution in [0.5, 0.6) is 0 Å². The van der Waals surface area contributed by atoms with E-state index in [-0.39, 0.29) is 6.07 Å². The van der Waals surface area contributed by atoms with Crippen LogP contribution in [0.2, 0.25) is 5.02 Å². The number of alkyl halides is 10. The lowest BCUT2D eigenvalue weighted by Crippen LogP contribution is -2.50. The maximum Gasteiger partial charge on any atom is 0.501 e. The lowest BCUT2D eigenvalue weighted by molar-refractivity contribution is -0.348. The third-order valence-electron chi connectivity index (χ3n) is 2.86. The molecule has 0 spiro atoms. The van der Waals surface area contributed by atoms with Crippen molar-refractivity contribution in [3.8, 4) is 0 Å². The van der Waals surface area contributed by atoms with E-state index in [1.54, 1.807) is 0 Å². The van der Waals surface area contributed by atoms with Crippen molar-refractivity contribution in [1.82, 2.24) is 0 Å². The monoisotopic (exact) mass is 427 g/mol. The quantitative estimate of drug-likeness (QED) is 0.558. The lowest BCUT2D eigenvalue weighted by atomic mass is 9.94. The highest BCUT2D eigenvalue weighted by Crippen LogP contribution is 2.54. The molecule has 1 aromatic rings. The fourth-order valence-electron chi connectivity index (χ4n) is 1.63. The molecule has 0 bridgehead atoms. The van der Waals surface area contributed by atoms with Crippen LogP contribution in [0, 0.1) is 0 Å². The normalized spacial score (nSPS) is 14.7. The van der Waals surface area contributed by atoms with Crippen molar-refractivity contribution in [2.45, 2.75) is 28.4 Å². The number of rotatable bonds is 2. The van der Waals surface area contributed by atoms with Crippen LogP contribution >= 0.6 is 11.6 Å². The van der Waals surface area contributed by atoms with Gasteiger partial charge in [-0.2, -0.15) is 39.5 Å². The summed E-state index contributed by atoms with van der Waals surface area (Å²) in [5, 5.41) is -1.45. The standard InChI is InChI=1S/C10H4ClF10NO2S/c11-4-1-3(7(12,8(13,14)15)9(16,17)18)2-5(6(4)22)25(23,24)10(19,20)21/h1-2H,22H2. The van der Waals surface area contributed by atoms with Crippen molar-refractivity contribution in [2.75, 3.05) is 5.73 Å². The maximum atomic E-state index is 13.9. The van der Waals surface area contributed by atoms with Gasteiger partial charge >= 0.3 is 23.5 Å². The van der Waals surface area contributed by atoms with Gasteiger partial charge in [-0.05, 0) is 12.1 Å². The molecular formula is C10H4ClF10NO2S. The molecule has 0 amide bonds. The second-order valence-corrected chi connectivity index (χ2v) is 6.79. The Morgan fingerprint density at radius 2 is 1.24 bits per heavy atom. The van der Waals surface area contributed by atoms with Gasteiger partial charge in [0.15, 0.2) is 0 Å². The van der Waals surface area contributed by atoms with Crippen molar-refractivity contribution in [3.63, 3.8) is 0 Å². The largest absolute Gasteiger partial charge is 0.501 e. The van der Waals surface area contributed by atoms with Crippen LogP contribution in [0.25, 0.3) is 0 Å². The molecule has 0 fully saturated rings. The summed E-state index contributed by atoms with van der Waals surface area (Å²) in [5.74, 6) is 0. The van der Waals surface area contributed by atoms with Crippen molar-refractivity contribution >= 4 is 27.1 Å². The fourth-order valence-corrected chi connectivity index (χ4v) is 2.83. The molecule has 0 aliphatic carbocycles. The van der Waals surface area contributed by atoms with E-state index in [9.17, 15) is 52.3 Å². The highest BCUT2D eigenvalue weighted by molar-refractivity contribution is 7.92. The average Bonchev–Trinajstić information content (AvgIpc) is 2.36. The van der Waals surface area contributed by atoms with Crippen LogP contribution in [-0.4, -0.2) is 26.3 Å². The van der Waals surface area contributed by atoms with Gasteiger partial charge in [-0.3, -0.25) is 0 Å². The van der Waals surface area contributed by atoms with Crippen LogP contribution in [0.4, 0.5) is 49.6 Å². The third kappa shape index (κ3) is 3.32. The number of sulfone groups is 1. The van der Waals surface area contributed by atoms with E-state index in [2.05, 4.69) is 0 Å². The predicted octanol–water partition coefficient (Wildman–Crippen LogP) is 4.51. The molecule has 0 radical (unpaired) electrons. The van der Waals surface area contributed by atoms with Gasteiger partial charge < -0.3 is 5.73 Å². The van der Waals surface area contributed by atoms with Crippen LogP contribution < -0.4 is 5.73 Å². The van der Waals surface area contributed by atoms with Gasteiger partial charge in [0, 0.05) is 5.56 Å². The van der Waals surface area contributed by atoms with Gasteiger partial charge in [-0.25, -0.2) is 12.8 Å². The smallest absolute Gasteiger partial charge is 0.396 e. The summed E-state index contributed by atoms with van der Waals surface area (Å²) in [6.07, 6.45) is -13.4. The van der Waals surface area contributed by atoms with Gasteiger partial charge in [0.25, 0.3) is 9.84 Å². The van der Waals surface area contributed by atoms with Crippen LogP contribution in [0.3, 0.4) is 0 Å². The van der Waals surface area contributed by atoms with Gasteiger partial charge in [0.1, 0.15) is 4.90 Å². The minimum Gasteiger partial charge on any atom is -0.396 e. The summed E-state index contributed by atoms with van der Waals surface area (Å²) in [6, 6.07) is -1.15. The Balaban J connectivity index is 3.94. The second-order valence-electron chi connectivity index (χ2n) is 4.47. The zero-order valence-corrected chi connectivity index (χ0v) is 12.7. The molecule has 3 nitrogen and oxygen atoms in total. The Morgan fingerprint density at radius 3 is 1.56 bits per heavy atom. The Morgan fingerprint density at radius 1 is 0.840 bits per heavy atom. The highest BCUT2D eigenvalue weighted by Gasteiger charge is 2.73. The molecular weight excluding hydrogens is 424 g/mol. The number of anilines is 1. The van der Waals surface area contributed by atoms with E-state index in [1.165, 1.54) is 0 Å². The second kappa shape index (κ2) is 5.79. The molecule has 0 atom stereocenters. The molecule has 0 unspecified atom stereocenters. The fraction of sp³-hybridized carbons (Fsp3) is 0.400. The topological polar surface area (TPSA) is 60.2 Å². The van der Waals surface area contributed by atoms with Crippen molar-refractivity contribution in [1.29, 1.82) is 0 Å².